The molecule has 0 aliphatic carbocycles. The first kappa shape index (κ1) is 13.6. The van der Waals surface area contributed by atoms with Crippen molar-refractivity contribution in [2.75, 3.05) is 0 Å². The SMILES string of the molecule is CC(C)C[C@H](NC(C)C)C(=O)C(C)C. The van der Waals surface area contributed by atoms with Crippen molar-refractivity contribution in [1.29, 1.82) is 0 Å². The van der Waals surface area contributed by atoms with Crippen molar-refractivity contribution in [3.8, 4) is 0 Å². The van der Waals surface area contributed by atoms with Crippen molar-refractivity contribution >= 4 is 5.78 Å². The molecule has 2 nitrogen and oxygen atoms in total. The standard InChI is InChI=1S/C12H25NO/c1-8(2)7-11(13-10(5)6)12(14)9(3)4/h8-11,13H,7H2,1-6H3/t11-/m0/s1. The Labute approximate surface area is 88.5 Å². The summed E-state index contributed by atoms with van der Waals surface area (Å²) in [4.78, 5) is 11.9. The second-order valence-corrected chi connectivity index (χ2v) is 5.06. The molecule has 0 bridgehead atoms. The van der Waals surface area contributed by atoms with E-state index < -0.39 is 0 Å². The highest BCUT2D eigenvalue weighted by atomic mass is 16.1. The number of hydrogen-bond acceptors (Lipinski definition) is 2. The van der Waals surface area contributed by atoms with Crippen LogP contribution in [0.5, 0.6) is 0 Å². The van der Waals surface area contributed by atoms with Crippen LogP contribution in [0.4, 0.5) is 0 Å². The quantitative estimate of drug-likeness (QED) is 0.712. The molecule has 0 amide bonds. The molecule has 0 heterocycles. The lowest BCUT2D eigenvalue weighted by Gasteiger charge is -2.23. The summed E-state index contributed by atoms with van der Waals surface area (Å²) in [5.74, 6) is 1.03. The molecular weight excluding hydrogens is 174 g/mol. The van der Waals surface area contributed by atoms with Gasteiger partial charge in [-0.1, -0.05) is 41.5 Å². The predicted octanol–water partition coefficient (Wildman–Crippen LogP) is 2.62. The number of carbonyl (C=O) groups is 1. The maximum atomic E-state index is 11.9. The van der Waals surface area contributed by atoms with Crippen LogP contribution in [0.1, 0.15) is 48.0 Å². The van der Waals surface area contributed by atoms with E-state index in [1.54, 1.807) is 0 Å². The van der Waals surface area contributed by atoms with Crippen LogP contribution >= 0.6 is 0 Å². The van der Waals surface area contributed by atoms with Gasteiger partial charge in [0, 0.05) is 12.0 Å². The summed E-state index contributed by atoms with van der Waals surface area (Å²) in [5, 5.41) is 3.34. The largest absolute Gasteiger partial charge is 0.305 e. The second-order valence-electron chi connectivity index (χ2n) is 5.06. The number of rotatable bonds is 6. The lowest BCUT2D eigenvalue weighted by molar-refractivity contribution is -0.124. The Hall–Kier alpha value is -0.370. The highest BCUT2D eigenvalue weighted by molar-refractivity contribution is 5.85. The summed E-state index contributed by atoms with van der Waals surface area (Å²) in [6.45, 7) is 12.4. The third-order valence-corrected chi connectivity index (χ3v) is 2.15. The van der Waals surface area contributed by atoms with Crippen LogP contribution in [0, 0.1) is 11.8 Å². The van der Waals surface area contributed by atoms with Crippen molar-refractivity contribution in [2.45, 2.75) is 60.0 Å². The summed E-state index contributed by atoms with van der Waals surface area (Å²) in [6, 6.07) is 0.413. The monoisotopic (exact) mass is 199 g/mol. The molecule has 0 aliphatic rings. The molecule has 2 heteroatoms. The minimum atomic E-state index is 0.0370. The smallest absolute Gasteiger partial charge is 0.152 e. The fourth-order valence-corrected chi connectivity index (χ4v) is 1.54. The average Bonchev–Trinajstić information content (AvgIpc) is 1.99. The van der Waals surface area contributed by atoms with Crippen molar-refractivity contribution in [2.24, 2.45) is 11.8 Å². The molecule has 1 N–H and O–H groups in total. The molecule has 0 aromatic rings. The lowest BCUT2D eigenvalue weighted by Crippen LogP contribution is -2.43. The van der Waals surface area contributed by atoms with Crippen molar-refractivity contribution in [3.05, 3.63) is 0 Å². The Morgan fingerprint density at radius 1 is 1.07 bits per heavy atom. The maximum Gasteiger partial charge on any atom is 0.152 e. The first-order valence-corrected chi connectivity index (χ1v) is 5.64. The van der Waals surface area contributed by atoms with E-state index in [4.69, 9.17) is 0 Å². The third kappa shape index (κ3) is 5.38. The molecule has 0 spiro atoms. The molecule has 0 radical (unpaired) electrons. The van der Waals surface area contributed by atoms with Crippen molar-refractivity contribution < 1.29 is 4.79 Å². The van der Waals surface area contributed by atoms with Gasteiger partial charge >= 0.3 is 0 Å². The number of nitrogens with one attached hydrogen (secondary N) is 1. The van der Waals surface area contributed by atoms with Crippen LogP contribution < -0.4 is 5.32 Å². The number of carbonyl (C=O) groups excluding carboxylic acids is 1. The Kier molecular flexibility index (Phi) is 6.01. The van der Waals surface area contributed by atoms with Gasteiger partial charge in [0.15, 0.2) is 5.78 Å². The molecule has 0 saturated carbocycles. The Bertz CT molecular complexity index is 163. The van der Waals surface area contributed by atoms with Gasteiger partial charge in [-0.25, -0.2) is 0 Å². The first-order chi connectivity index (χ1) is 6.34. The van der Waals surface area contributed by atoms with Crippen LogP contribution in [-0.2, 0) is 4.79 Å². The van der Waals surface area contributed by atoms with Crippen LogP contribution in [-0.4, -0.2) is 17.9 Å². The average molecular weight is 199 g/mol. The zero-order chi connectivity index (χ0) is 11.3. The van der Waals surface area contributed by atoms with Gasteiger partial charge in [-0.2, -0.15) is 0 Å². The zero-order valence-electron chi connectivity index (χ0n) is 10.4. The number of hydrogen-bond donors (Lipinski definition) is 1. The van der Waals surface area contributed by atoms with Crippen molar-refractivity contribution in [3.63, 3.8) is 0 Å². The van der Waals surface area contributed by atoms with Gasteiger partial charge < -0.3 is 5.32 Å². The van der Waals surface area contributed by atoms with E-state index in [1.807, 2.05) is 13.8 Å². The van der Waals surface area contributed by atoms with Crippen molar-refractivity contribution in [1.82, 2.24) is 5.32 Å². The molecule has 0 unspecified atom stereocenters. The van der Waals surface area contributed by atoms with E-state index in [-0.39, 0.29) is 12.0 Å². The molecular formula is C12H25NO. The van der Waals surface area contributed by atoms with E-state index in [2.05, 4.69) is 33.0 Å². The first-order valence-electron chi connectivity index (χ1n) is 5.64. The van der Waals surface area contributed by atoms with Gasteiger partial charge in [-0.3, -0.25) is 4.79 Å². The highest BCUT2D eigenvalue weighted by Gasteiger charge is 2.22. The van der Waals surface area contributed by atoms with Gasteiger partial charge in [-0.15, -0.1) is 0 Å². The molecule has 0 saturated heterocycles. The van der Waals surface area contributed by atoms with Gasteiger partial charge in [0.05, 0.1) is 6.04 Å². The Morgan fingerprint density at radius 3 is 1.86 bits per heavy atom. The molecule has 0 aromatic heterocycles. The number of Topliss-reactive ketones (excluding diaryl/α,β-unsaturated/α-hetero) is 1. The van der Waals surface area contributed by atoms with Gasteiger partial charge in [0.25, 0.3) is 0 Å². The van der Waals surface area contributed by atoms with Gasteiger partial charge in [0.1, 0.15) is 0 Å². The highest BCUT2D eigenvalue weighted by Crippen LogP contribution is 2.10. The summed E-state index contributed by atoms with van der Waals surface area (Å²) in [7, 11) is 0. The molecule has 84 valence electrons. The van der Waals surface area contributed by atoms with E-state index in [9.17, 15) is 4.79 Å². The van der Waals surface area contributed by atoms with Crippen LogP contribution in [0.3, 0.4) is 0 Å². The summed E-state index contributed by atoms with van der Waals surface area (Å²) in [5.41, 5.74) is 0. The topological polar surface area (TPSA) is 29.1 Å². The molecule has 14 heavy (non-hydrogen) atoms. The summed E-state index contributed by atoms with van der Waals surface area (Å²) < 4.78 is 0. The van der Waals surface area contributed by atoms with Crippen LogP contribution in [0.25, 0.3) is 0 Å². The van der Waals surface area contributed by atoms with Crippen LogP contribution in [0.2, 0.25) is 0 Å². The zero-order valence-corrected chi connectivity index (χ0v) is 10.4. The molecule has 0 aliphatic heterocycles. The Balaban J connectivity index is 4.31. The maximum absolute atomic E-state index is 11.9. The van der Waals surface area contributed by atoms with Gasteiger partial charge in [0.2, 0.25) is 0 Å². The predicted molar refractivity (Wildman–Crippen MR) is 61.4 cm³/mol. The minimum Gasteiger partial charge on any atom is -0.305 e. The van der Waals surface area contributed by atoms with E-state index in [1.165, 1.54) is 0 Å². The second kappa shape index (κ2) is 6.18. The third-order valence-electron chi connectivity index (χ3n) is 2.15. The summed E-state index contributed by atoms with van der Waals surface area (Å²) in [6.07, 6.45) is 0.940. The molecule has 1 atom stereocenters. The van der Waals surface area contributed by atoms with Crippen LogP contribution in [0.15, 0.2) is 0 Å². The molecule has 0 rings (SSSR count). The normalized spacial score (nSPS) is 14.1. The Morgan fingerprint density at radius 2 is 1.57 bits per heavy atom. The van der Waals surface area contributed by atoms with E-state index in [0.29, 0.717) is 17.7 Å². The van der Waals surface area contributed by atoms with Gasteiger partial charge in [-0.05, 0) is 12.3 Å². The minimum absolute atomic E-state index is 0.0370. The molecule has 0 fully saturated rings. The van der Waals surface area contributed by atoms with E-state index >= 15 is 0 Å². The number of ketones is 1. The summed E-state index contributed by atoms with van der Waals surface area (Å²) >= 11 is 0. The lowest BCUT2D eigenvalue weighted by atomic mass is 9.94. The van der Waals surface area contributed by atoms with E-state index in [0.717, 1.165) is 6.42 Å². The molecule has 0 aromatic carbocycles. The fraction of sp³-hybridized carbons (Fsp3) is 0.917. The fourth-order valence-electron chi connectivity index (χ4n) is 1.54.